The zero-order chi connectivity index (χ0) is 21.8. The number of rotatable bonds is 6. The molecule has 1 fully saturated rings. The van der Waals surface area contributed by atoms with Crippen LogP contribution in [0.5, 0.6) is 5.75 Å². The van der Waals surface area contributed by atoms with E-state index in [1.807, 2.05) is 12.1 Å². The molecule has 0 saturated carbocycles. The van der Waals surface area contributed by atoms with Crippen molar-refractivity contribution in [1.82, 2.24) is 9.88 Å². The van der Waals surface area contributed by atoms with Gasteiger partial charge in [0, 0.05) is 42.3 Å². The van der Waals surface area contributed by atoms with Gasteiger partial charge in [0.15, 0.2) is 0 Å². The molecule has 1 aromatic heterocycles. The summed E-state index contributed by atoms with van der Waals surface area (Å²) in [4.78, 5) is 7.48. The van der Waals surface area contributed by atoms with Crippen molar-refractivity contribution in [2.75, 3.05) is 25.5 Å². The first kappa shape index (κ1) is 20.5. The van der Waals surface area contributed by atoms with E-state index >= 15 is 0 Å². The molecular weight excluding hydrogens is 394 g/mol. The van der Waals surface area contributed by atoms with Crippen molar-refractivity contribution < 1.29 is 4.74 Å². The molecule has 1 aliphatic heterocycles. The number of fused-ring (bicyclic) bond motifs is 1. The smallest absolute Gasteiger partial charge is 0.118 e. The maximum absolute atomic E-state index is 5.31. The van der Waals surface area contributed by atoms with Gasteiger partial charge in [-0.1, -0.05) is 48.5 Å². The fraction of sp³-hybridized carbons (Fsp3) is 0.250. The van der Waals surface area contributed by atoms with Gasteiger partial charge in [0.25, 0.3) is 0 Å². The maximum Gasteiger partial charge on any atom is 0.118 e. The van der Waals surface area contributed by atoms with Crippen LogP contribution in [0.3, 0.4) is 0 Å². The number of nitrogens with zero attached hydrogens (tertiary/aromatic N) is 2. The number of para-hydroxylation sites is 1. The van der Waals surface area contributed by atoms with Gasteiger partial charge < -0.3 is 10.1 Å². The predicted molar refractivity (Wildman–Crippen MR) is 132 cm³/mol. The third-order valence-corrected chi connectivity index (χ3v) is 6.30. The van der Waals surface area contributed by atoms with Gasteiger partial charge in [0.1, 0.15) is 5.75 Å². The fourth-order valence-corrected chi connectivity index (χ4v) is 4.50. The lowest BCUT2D eigenvalue weighted by Gasteiger charge is -2.33. The minimum atomic E-state index is 0.469. The second-order valence-electron chi connectivity index (χ2n) is 8.48. The standard InChI is InChI=1S/C28H29N3O/c1-32-24-13-11-22(12-14-24)27-19-28(25-9-5-6-10-26(25)30-27)29-23-15-17-31(18-16-23)20-21-7-3-2-4-8-21/h2-14,19,23H,15-18,20H2,1H3,(H,29,30). The zero-order valence-corrected chi connectivity index (χ0v) is 18.5. The van der Waals surface area contributed by atoms with Crippen LogP contribution in [0.1, 0.15) is 18.4 Å². The molecule has 0 atom stereocenters. The highest BCUT2D eigenvalue weighted by Gasteiger charge is 2.20. The molecule has 2 heterocycles. The molecule has 1 N–H and O–H groups in total. The fourth-order valence-electron chi connectivity index (χ4n) is 4.50. The van der Waals surface area contributed by atoms with E-state index in [1.165, 1.54) is 16.6 Å². The minimum absolute atomic E-state index is 0.469. The first-order valence-corrected chi connectivity index (χ1v) is 11.4. The van der Waals surface area contributed by atoms with Crippen LogP contribution >= 0.6 is 0 Å². The lowest BCUT2D eigenvalue weighted by atomic mass is 10.0. The van der Waals surface area contributed by atoms with Crippen molar-refractivity contribution in [3.8, 4) is 17.0 Å². The molecule has 162 valence electrons. The van der Waals surface area contributed by atoms with Crippen LogP contribution in [0.25, 0.3) is 22.2 Å². The summed E-state index contributed by atoms with van der Waals surface area (Å²) < 4.78 is 5.31. The van der Waals surface area contributed by atoms with Crippen molar-refractivity contribution in [3.63, 3.8) is 0 Å². The van der Waals surface area contributed by atoms with E-state index < -0.39 is 0 Å². The quantitative estimate of drug-likeness (QED) is 0.413. The van der Waals surface area contributed by atoms with Gasteiger partial charge in [-0.3, -0.25) is 4.90 Å². The average Bonchev–Trinajstić information content (AvgIpc) is 2.86. The number of piperidine rings is 1. The SMILES string of the molecule is COc1ccc(-c2cc(NC3CCN(Cc4ccccc4)CC3)c3ccccc3n2)cc1. The molecule has 32 heavy (non-hydrogen) atoms. The number of hydrogen-bond acceptors (Lipinski definition) is 4. The Balaban J connectivity index is 1.33. The summed E-state index contributed by atoms with van der Waals surface area (Å²) in [5.74, 6) is 0.857. The molecule has 0 unspecified atom stereocenters. The monoisotopic (exact) mass is 423 g/mol. The highest BCUT2D eigenvalue weighted by atomic mass is 16.5. The Morgan fingerprint density at radius 1 is 0.906 bits per heavy atom. The minimum Gasteiger partial charge on any atom is -0.497 e. The molecule has 5 rings (SSSR count). The maximum atomic E-state index is 5.31. The number of anilines is 1. The number of methoxy groups -OCH3 is 1. The number of pyridine rings is 1. The number of likely N-dealkylation sites (tertiary alicyclic amines) is 1. The van der Waals surface area contributed by atoms with Gasteiger partial charge >= 0.3 is 0 Å². The van der Waals surface area contributed by atoms with Gasteiger partial charge in [0.2, 0.25) is 0 Å². The molecule has 4 aromatic rings. The molecule has 4 heteroatoms. The summed E-state index contributed by atoms with van der Waals surface area (Å²) in [5, 5.41) is 5.03. The third kappa shape index (κ3) is 4.61. The summed E-state index contributed by atoms with van der Waals surface area (Å²) >= 11 is 0. The molecule has 4 nitrogen and oxygen atoms in total. The molecule has 0 spiro atoms. The van der Waals surface area contributed by atoms with Gasteiger partial charge in [-0.2, -0.15) is 0 Å². The van der Waals surface area contributed by atoms with Crippen molar-refractivity contribution >= 4 is 16.6 Å². The molecule has 1 saturated heterocycles. The molecule has 0 bridgehead atoms. The second-order valence-corrected chi connectivity index (χ2v) is 8.48. The Labute approximate surface area is 189 Å². The summed E-state index contributed by atoms with van der Waals surface area (Å²) in [5.41, 5.74) is 5.66. The summed E-state index contributed by atoms with van der Waals surface area (Å²) in [7, 11) is 1.69. The van der Waals surface area contributed by atoms with Crippen LogP contribution in [-0.4, -0.2) is 36.1 Å². The van der Waals surface area contributed by atoms with Gasteiger partial charge in [-0.15, -0.1) is 0 Å². The van der Waals surface area contributed by atoms with E-state index in [-0.39, 0.29) is 0 Å². The molecular formula is C28H29N3O. The van der Waals surface area contributed by atoms with Crippen molar-refractivity contribution in [3.05, 3.63) is 90.5 Å². The van der Waals surface area contributed by atoms with Crippen LogP contribution in [0.2, 0.25) is 0 Å². The van der Waals surface area contributed by atoms with Crippen LogP contribution in [0.15, 0.2) is 84.9 Å². The van der Waals surface area contributed by atoms with Crippen LogP contribution < -0.4 is 10.1 Å². The van der Waals surface area contributed by atoms with E-state index in [4.69, 9.17) is 9.72 Å². The normalized spacial score (nSPS) is 15.0. The van der Waals surface area contributed by atoms with Gasteiger partial charge in [-0.25, -0.2) is 4.98 Å². The van der Waals surface area contributed by atoms with E-state index in [1.54, 1.807) is 7.11 Å². The topological polar surface area (TPSA) is 37.4 Å². The number of nitrogens with one attached hydrogen (secondary N) is 1. The highest BCUT2D eigenvalue weighted by Crippen LogP contribution is 2.30. The van der Waals surface area contributed by atoms with E-state index in [2.05, 4.69) is 83.0 Å². The van der Waals surface area contributed by atoms with Crippen molar-refractivity contribution in [2.45, 2.75) is 25.4 Å². The Kier molecular flexibility index (Phi) is 6.04. The first-order valence-electron chi connectivity index (χ1n) is 11.4. The molecule has 0 radical (unpaired) electrons. The van der Waals surface area contributed by atoms with E-state index in [0.717, 1.165) is 55.0 Å². The Morgan fingerprint density at radius 2 is 1.62 bits per heavy atom. The number of benzene rings is 3. The second kappa shape index (κ2) is 9.41. The largest absolute Gasteiger partial charge is 0.497 e. The summed E-state index contributed by atoms with van der Waals surface area (Å²) in [6.45, 7) is 3.26. The molecule has 1 aliphatic rings. The van der Waals surface area contributed by atoms with E-state index in [0.29, 0.717) is 6.04 Å². The van der Waals surface area contributed by atoms with Crippen LogP contribution in [-0.2, 0) is 6.54 Å². The summed E-state index contributed by atoms with van der Waals surface area (Å²) in [6, 6.07) is 29.9. The Hall–Kier alpha value is -3.37. The number of aromatic nitrogens is 1. The van der Waals surface area contributed by atoms with Gasteiger partial charge in [0.05, 0.1) is 18.3 Å². The Bertz CT molecular complexity index is 1170. The lowest BCUT2D eigenvalue weighted by molar-refractivity contribution is 0.211. The Morgan fingerprint density at radius 3 is 2.38 bits per heavy atom. The molecule has 0 aliphatic carbocycles. The average molecular weight is 424 g/mol. The van der Waals surface area contributed by atoms with Crippen molar-refractivity contribution in [1.29, 1.82) is 0 Å². The first-order chi connectivity index (χ1) is 15.8. The highest BCUT2D eigenvalue weighted by molar-refractivity contribution is 5.93. The number of hydrogen-bond donors (Lipinski definition) is 1. The molecule has 0 amide bonds. The van der Waals surface area contributed by atoms with Gasteiger partial charge in [-0.05, 0) is 54.8 Å². The zero-order valence-electron chi connectivity index (χ0n) is 18.5. The lowest BCUT2D eigenvalue weighted by Crippen LogP contribution is -2.38. The van der Waals surface area contributed by atoms with E-state index in [9.17, 15) is 0 Å². The third-order valence-electron chi connectivity index (χ3n) is 6.30. The van der Waals surface area contributed by atoms with Crippen LogP contribution in [0, 0.1) is 0 Å². The predicted octanol–water partition coefficient (Wildman–Crippen LogP) is 5.99. The summed E-state index contributed by atoms with van der Waals surface area (Å²) in [6.07, 6.45) is 2.28. The number of ether oxygens (including phenoxy) is 1. The van der Waals surface area contributed by atoms with Crippen molar-refractivity contribution in [2.24, 2.45) is 0 Å². The molecule has 3 aromatic carbocycles. The van der Waals surface area contributed by atoms with Crippen LogP contribution in [0.4, 0.5) is 5.69 Å².